The molecule has 0 saturated heterocycles. The third-order valence-electron chi connectivity index (χ3n) is 3.34. The van der Waals surface area contributed by atoms with Crippen LogP contribution >= 0.6 is 0 Å². The Labute approximate surface area is 133 Å². The molecule has 6 heteroatoms. The number of pyridine rings is 1. The molecule has 116 valence electrons. The highest BCUT2D eigenvalue weighted by Gasteiger charge is 2.09. The minimum Gasteiger partial charge on any atom is -0.352 e. The Morgan fingerprint density at radius 3 is 2.61 bits per heavy atom. The summed E-state index contributed by atoms with van der Waals surface area (Å²) >= 11 is 0. The quantitative estimate of drug-likeness (QED) is 0.783. The van der Waals surface area contributed by atoms with Crippen LogP contribution in [0.5, 0.6) is 0 Å². The van der Waals surface area contributed by atoms with Crippen LogP contribution in [0.1, 0.15) is 21.8 Å². The predicted octanol–water partition coefficient (Wildman–Crippen LogP) is 2.41. The molecule has 1 amide bonds. The molecule has 0 unspecified atom stereocenters. The zero-order chi connectivity index (χ0) is 16.1. The number of carbonyl (C=O) groups excluding carboxylic acids is 1. The molecule has 2 heterocycles. The van der Waals surface area contributed by atoms with E-state index < -0.39 is 0 Å². The summed E-state index contributed by atoms with van der Waals surface area (Å²) in [6.07, 6.45) is 3.65. The van der Waals surface area contributed by atoms with Crippen LogP contribution in [-0.2, 0) is 6.42 Å². The molecule has 23 heavy (non-hydrogen) atoms. The standard InChI is InChI=1S/C17H16N4O2/c1-12-2-4-13(5-3-12)16-20-15(23-21-16)8-11-19-17(22)14-6-9-18-10-7-14/h2-7,9-10H,8,11H2,1H3,(H,19,22). The number of nitrogens with one attached hydrogen (secondary N) is 1. The third kappa shape index (κ3) is 3.79. The van der Waals surface area contributed by atoms with E-state index in [-0.39, 0.29) is 5.91 Å². The van der Waals surface area contributed by atoms with Crippen LogP contribution < -0.4 is 5.32 Å². The summed E-state index contributed by atoms with van der Waals surface area (Å²) in [7, 11) is 0. The average molecular weight is 308 g/mol. The molecule has 0 atom stereocenters. The van der Waals surface area contributed by atoms with Crippen molar-refractivity contribution in [2.24, 2.45) is 0 Å². The van der Waals surface area contributed by atoms with E-state index in [1.54, 1.807) is 24.5 Å². The van der Waals surface area contributed by atoms with Crippen molar-refractivity contribution >= 4 is 5.91 Å². The number of hydrogen-bond donors (Lipinski definition) is 1. The molecule has 0 radical (unpaired) electrons. The van der Waals surface area contributed by atoms with Gasteiger partial charge in [-0.05, 0) is 19.1 Å². The zero-order valence-electron chi connectivity index (χ0n) is 12.7. The normalized spacial score (nSPS) is 10.5. The highest BCUT2D eigenvalue weighted by Crippen LogP contribution is 2.16. The fourth-order valence-electron chi connectivity index (χ4n) is 2.06. The van der Waals surface area contributed by atoms with Gasteiger partial charge in [-0.25, -0.2) is 0 Å². The van der Waals surface area contributed by atoms with Crippen LogP contribution in [0.3, 0.4) is 0 Å². The molecule has 0 spiro atoms. The SMILES string of the molecule is Cc1ccc(-c2noc(CCNC(=O)c3ccncc3)n2)cc1. The number of aromatic nitrogens is 3. The van der Waals surface area contributed by atoms with E-state index in [0.29, 0.717) is 30.2 Å². The van der Waals surface area contributed by atoms with Gasteiger partial charge in [-0.2, -0.15) is 4.98 Å². The van der Waals surface area contributed by atoms with Crippen LogP contribution in [-0.4, -0.2) is 27.6 Å². The molecule has 6 nitrogen and oxygen atoms in total. The van der Waals surface area contributed by atoms with E-state index >= 15 is 0 Å². The molecule has 3 rings (SSSR count). The number of carbonyl (C=O) groups is 1. The summed E-state index contributed by atoms with van der Waals surface area (Å²) in [5.74, 6) is 0.904. The Morgan fingerprint density at radius 2 is 1.87 bits per heavy atom. The van der Waals surface area contributed by atoms with Crippen LogP contribution in [0.4, 0.5) is 0 Å². The van der Waals surface area contributed by atoms with Crippen molar-refractivity contribution in [3.63, 3.8) is 0 Å². The summed E-state index contributed by atoms with van der Waals surface area (Å²) in [4.78, 5) is 20.1. The summed E-state index contributed by atoms with van der Waals surface area (Å²) in [5, 5.41) is 6.77. The molecule has 3 aromatic rings. The van der Waals surface area contributed by atoms with E-state index in [9.17, 15) is 4.79 Å². The number of rotatable bonds is 5. The highest BCUT2D eigenvalue weighted by molar-refractivity contribution is 5.93. The summed E-state index contributed by atoms with van der Waals surface area (Å²) in [5.41, 5.74) is 2.66. The first kappa shape index (κ1) is 14.9. The van der Waals surface area contributed by atoms with Gasteiger partial charge in [0.15, 0.2) is 0 Å². The van der Waals surface area contributed by atoms with Crippen LogP contribution in [0, 0.1) is 6.92 Å². The number of benzene rings is 1. The lowest BCUT2D eigenvalue weighted by Crippen LogP contribution is -2.25. The molecule has 0 aliphatic rings. The topological polar surface area (TPSA) is 80.9 Å². The largest absolute Gasteiger partial charge is 0.352 e. The van der Waals surface area contributed by atoms with Crippen LogP contribution in [0.2, 0.25) is 0 Å². The van der Waals surface area contributed by atoms with Gasteiger partial charge >= 0.3 is 0 Å². The van der Waals surface area contributed by atoms with Gasteiger partial charge in [0.2, 0.25) is 11.7 Å². The minimum absolute atomic E-state index is 0.148. The molecule has 0 fully saturated rings. The van der Waals surface area contributed by atoms with Gasteiger partial charge in [-0.3, -0.25) is 9.78 Å². The molecular weight excluding hydrogens is 292 g/mol. The fourth-order valence-corrected chi connectivity index (χ4v) is 2.06. The maximum atomic E-state index is 11.9. The van der Waals surface area contributed by atoms with Gasteiger partial charge in [-0.15, -0.1) is 0 Å². The maximum absolute atomic E-state index is 11.9. The second-order valence-corrected chi connectivity index (χ2v) is 5.12. The minimum atomic E-state index is -0.148. The Balaban J connectivity index is 1.55. The Kier molecular flexibility index (Phi) is 4.42. The first-order valence-corrected chi connectivity index (χ1v) is 7.30. The molecule has 0 aliphatic heterocycles. The van der Waals surface area contributed by atoms with E-state index in [4.69, 9.17) is 4.52 Å². The molecule has 1 N–H and O–H groups in total. The average Bonchev–Trinajstić information content (AvgIpc) is 3.05. The summed E-state index contributed by atoms with van der Waals surface area (Å²) in [6, 6.07) is 11.2. The summed E-state index contributed by atoms with van der Waals surface area (Å²) < 4.78 is 5.21. The zero-order valence-corrected chi connectivity index (χ0v) is 12.7. The second kappa shape index (κ2) is 6.83. The van der Waals surface area contributed by atoms with Crippen molar-refractivity contribution in [2.75, 3.05) is 6.54 Å². The number of nitrogens with zero attached hydrogens (tertiary/aromatic N) is 3. The molecule has 1 aromatic carbocycles. The van der Waals surface area contributed by atoms with E-state index in [1.807, 2.05) is 31.2 Å². The number of aryl methyl sites for hydroxylation is 1. The van der Waals surface area contributed by atoms with Crippen molar-refractivity contribution in [1.82, 2.24) is 20.4 Å². The smallest absolute Gasteiger partial charge is 0.251 e. The van der Waals surface area contributed by atoms with Crippen molar-refractivity contribution < 1.29 is 9.32 Å². The van der Waals surface area contributed by atoms with E-state index in [2.05, 4.69) is 20.4 Å². The van der Waals surface area contributed by atoms with E-state index in [0.717, 1.165) is 5.56 Å². The Morgan fingerprint density at radius 1 is 1.13 bits per heavy atom. The number of hydrogen-bond acceptors (Lipinski definition) is 5. The molecule has 2 aromatic heterocycles. The predicted molar refractivity (Wildman–Crippen MR) is 84.7 cm³/mol. The van der Waals surface area contributed by atoms with Crippen molar-refractivity contribution in [3.05, 3.63) is 65.8 Å². The van der Waals surface area contributed by atoms with Crippen molar-refractivity contribution in [3.8, 4) is 11.4 Å². The van der Waals surface area contributed by atoms with Crippen LogP contribution in [0.15, 0.2) is 53.3 Å². The third-order valence-corrected chi connectivity index (χ3v) is 3.34. The number of amides is 1. The Bertz CT molecular complexity index is 782. The molecule has 0 bridgehead atoms. The van der Waals surface area contributed by atoms with Gasteiger partial charge in [0.25, 0.3) is 5.91 Å². The van der Waals surface area contributed by atoms with Gasteiger partial charge in [-0.1, -0.05) is 35.0 Å². The van der Waals surface area contributed by atoms with E-state index in [1.165, 1.54) is 5.56 Å². The van der Waals surface area contributed by atoms with Gasteiger partial charge in [0, 0.05) is 36.5 Å². The van der Waals surface area contributed by atoms with Crippen molar-refractivity contribution in [2.45, 2.75) is 13.3 Å². The van der Waals surface area contributed by atoms with Gasteiger partial charge in [0.05, 0.1) is 0 Å². The lowest BCUT2D eigenvalue weighted by atomic mass is 10.1. The molecule has 0 saturated carbocycles. The first-order valence-electron chi connectivity index (χ1n) is 7.30. The van der Waals surface area contributed by atoms with Crippen LogP contribution in [0.25, 0.3) is 11.4 Å². The van der Waals surface area contributed by atoms with Gasteiger partial charge in [0.1, 0.15) is 0 Å². The lowest BCUT2D eigenvalue weighted by molar-refractivity contribution is 0.0953. The summed E-state index contributed by atoms with van der Waals surface area (Å²) in [6.45, 7) is 2.45. The van der Waals surface area contributed by atoms with Crippen molar-refractivity contribution in [1.29, 1.82) is 0 Å². The maximum Gasteiger partial charge on any atom is 0.251 e. The molecular formula is C17H16N4O2. The first-order chi connectivity index (χ1) is 11.2. The monoisotopic (exact) mass is 308 g/mol. The van der Waals surface area contributed by atoms with Gasteiger partial charge < -0.3 is 9.84 Å². The second-order valence-electron chi connectivity index (χ2n) is 5.12. The highest BCUT2D eigenvalue weighted by atomic mass is 16.5. The lowest BCUT2D eigenvalue weighted by Gasteiger charge is -2.02. The molecule has 0 aliphatic carbocycles. The fraction of sp³-hybridized carbons (Fsp3) is 0.176. The Hall–Kier alpha value is -3.02.